The van der Waals surface area contributed by atoms with Gasteiger partial charge >= 0.3 is 0 Å². The van der Waals surface area contributed by atoms with Gasteiger partial charge in [-0.1, -0.05) is 13.8 Å². The normalized spacial score (nSPS) is 28.8. The molecule has 0 radical (unpaired) electrons. The Bertz CT molecular complexity index is 434. The van der Waals surface area contributed by atoms with Crippen LogP contribution in [0.5, 0.6) is 0 Å². The minimum atomic E-state index is -0.0462. The molecule has 23 heavy (non-hydrogen) atoms. The standard InChI is InChI=1S/C18H33N3O2/c1-14(2)9-19-7-8-21(18(11-19)12-23-13-18)17(22)16-5-6-20(10-16)15(3)4/h14-16H,5-13H2,1-4H3/t16-/m1/s1. The summed E-state index contributed by atoms with van der Waals surface area (Å²) in [6, 6.07) is 0.539. The Morgan fingerprint density at radius 2 is 1.91 bits per heavy atom. The Hall–Kier alpha value is -0.650. The van der Waals surface area contributed by atoms with Crippen LogP contribution in [0.15, 0.2) is 0 Å². The topological polar surface area (TPSA) is 36.0 Å². The number of likely N-dealkylation sites (tertiary alicyclic amines) is 1. The van der Waals surface area contributed by atoms with Crippen molar-refractivity contribution in [3.8, 4) is 0 Å². The number of hydrogen-bond acceptors (Lipinski definition) is 4. The summed E-state index contributed by atoms with van der Waals surface area (Å²) in [6.07, 6.45) is 1.01. The van der Waals surface area contributed by atoms with Gasteiger partial charge in [0.05, 0.1) is 19.1 Å². The third kappa shape index (κ3) is 3.42. The van der Waals surface area contributed by atoms with Gasteiger partial charge in [0.1, 0.15) is 5.54 Å². The predicted molar refractivity (Wildman–Crippen MR) is 91.4 cm³/mol. The van der Waals surface area contributed by atoms with E-state index >= 15 is 0 Å². The molecule has 3 aliphatic rings. The zero-order valence-electron chi connectivity index (χ0n) is 15.3. The average Bonchev–Trinajstić information content (AvgIpc) is 2.94. The zero-order valence-corrected chi connectivity index (χ0v) is 15.3. The molecule has 0 saturated carbocycles. The van der Waals surface area contributed by atoms with Crippen molar-refractivity contribution in [2.45, 2.75) is 45.7 Å². The maximum atomic E-state index is 13.1. The summed E-state index contributed by atoms with van der Waals surface area (Å²) in [4.78, 5) is 20.3. The third-order valence-electron chi connectivity index (χ3n) is 5.66. The maximum absolute atomic E-state index is 13.1. The second kappa shape index (κ2) is 6.69. The van der Waals surface area contributed by atoms with Gasteiger partial charge in [-0.15, -0.1) is 0 Å². The van der Waals surface area contributed by atoms with Crippen LogP contribution in [0.25, 0.3) is 0 Å². The first-order chi connectivity index (χ1) is 10.9. The average molecular weight is 323 g/mol. The van der Waals surface area contributed by atoms with E-state index in [4.69, 9.17) is 4.74 Å². The number of piperazine rings is 1. The smallest absolute Gasteiger partial charge is 0.227 e. The van der Waals surface area contributed by atoms with Crippen LogP contribution < -0.4 is 0 Å². The Labute approximate surface area is 140 Å². The number of carbonyl (C=O) groups is 1. The summed E-state index contributed by atoms with van der Waals surface area (Å²) in [5.41, 5.74) is -0.0462. The lowest BCUT2D eigenvalue weighted by Crippen LogP contribution is -2.73. The summed E-state index contributed by atoms with van der Waals surface area (Å²) in [5.74, 6) is 1.23. The van der Waals surface area contributed by atoms with E-state index in [2.05, 4.69) is 42.4 Å². The van der Waals surface area contributed by atoms with E-state index in [1.165, 1.54) is 0 Å². The first-order valence-corrected chi connectivity index (χ1v) is 9.27. The number of carbonyl (C=O) groups excluding carboxylic acids is 1. The van der Waals surface area contributed by atoms with Crippen molar-refractivity contribution in [2.24, 2.45) is 11.8 Å². The van der Waals surface area contributed by atoms with Gasteiger partial charge in [0.25, 0.3) is 0 Å². The molecule has 5 nitrogen and oxygen atoms in total. The Morgan fingerprint density at radius 3 is 2.43 bits per heavy atom. The van der Waals surface area contributed by atoms with Crippen molar-refractivity contribution >= 4 is 5.91 Å². The lowest BCUT2D eigenvalue weighted by Gasteiger charge is -2.55. The molecule has 3 fully saturated rings. The van der Waals surface area contributed by atoms with Gasteiger partial charge in [0, 0.05) is 38.8 Å². The zero-order chi connectivity index (χ0) is 16.6. The third-order valence-corrected chi connectivity index (χ3v) is 5.66. The lowest BCUT2D eigenvalue weighted by molar-refractivity contribution is -0.187. The molecule has 0 N–H and O–H groups in total. The van der Waals surface area contributed by atoms with Crippen LogP contribution in [0.4, 0.5) is 0 Å². The van der Waals surface area contributed by atoms with E-state index in [0.717, 1.165) is 45.7 Å². The van der Waals surface area contributed by atoms with E-state index in [-0.39, 0.29) is 11.5 Å². The molecule has 1 amide bonds. The van der Waals surface area contributed by atoms with Crippen LogP contribution in [-0.4, -0.2) is 84.7 Å². The highest BCUT2D eigenvalue weighted by molar-refractivity contribution is 5.80. The van der Waals surface area contributed by atoms with Crippen LogP contribution in [0.3, 0.4) is 0 Å². The van der Waals surface area contributed by atoms with Crippen LogP contribution in [0.2, 0.25) is 0 Å². The van der Waals surface area contributed by atoms with Crippen LogP contribution in [0.1, 0.15) is 34.1 Å². The van der Waals surface area contributed by atoms with E-state index in [9.17, 15) is 4.79 Å². The fourth-order valence-electron chi connectivity index (χ4n) is 4.34. The fraction of sp³-hybridized carbons (Fsp3) is 0.944. The summed E-state index contributed by atoms with van der Waals surface area (Å²) >= 11 is 0. The second-order valence-electron chi connectivity index (χ2n) is 8.41. The fourth-order valence-corrected chi connectivity index (χ4v) is 4.34. The molecule has 0 aromatic carbocycles. The summed E-state index contributed by atoms with van der Waals surface area (Å²) < 4.78 is 5.54. The molecule has 1 atom stereocenters. The molecular weight excluding hydrogens is 290 g/mol. The van der Waals surface area contributed by atoms with E-state index in [1.807, 2.05) is 0 Å². The van der Waals surface area contributed by atoms with Crippen molar-refractivity contribution in [2.75, 3.05) is 52.5 Å². The highest BCUT2D eigenvalue weighted by atomic mass is 16.5. The first-order valence-electron chi connectivity index (χ1n) is 9.27. The molecular formula is C18H33N3O2. The van der Waals surface area contributed by atoms with Gasteiger partial charge in [-0.25, -0.2) is 0 Å². The van der Waals surface area contributed by atoms with Crippen LogP contribution in [0, 0.1) is 11.8 Å². The summed E-state index contributed by atoms with van der Waals surface area (Å²) in [5, 5.41) is 0. The van der Waals surface area contributed by atoms with Gasteiger partial charge in [-0.2, -0.15) is 0 Å². The highest BCUT2D eigenvalue weighted by Gasteiger charge is 2.51. The quantitative estimate of drug-likeness (QED) is 0.781. The number of rotatable bonds is 4. The van der Waals surface area contributed by atoms with E-state index in [0.29, 0.717) is 31.1 Å². The van der Waals surface area contributed by atoms with Gasteiger partial charge in [-0.05, 0) is 32.7 Å². The Morgan fingerprint density at radius 1 is 1.17 bits per heavy atom. The van der Waals surface area contributed by atoms with Gasteiger partial charge in [-0.3, -0.25) is 9.69 Å². The number of nitrogens with zero attached hydrogens (tertiary/aromatic N) is 3. The first kappa shape index (κ1) is 17.2. The van der Waals surface area contributed by atoms with Gasteiger partial charge in [0.2, 0.25) is 5.91 Å². The van der Waals surface area contributed by atoms with Crippen LogP contribution >= 0.6 is 0 Å². The minimum absolute atomic E-state index is 0.0462. The van der Waals surface area contributed by atoms with Crippen molar-refractivity contribution in [3.05, 3.63) is 0 Å². The molecule has 3 aliphatic heterocycles. The molecule has 0 unspecified atom stereocenters. The number of amides is 1. The molecule has 0 aromatic rings. The molecule has 0 bridgehead atoms. The maximum Gasteiger partial charge on any atom is 0.227 e. The molecule has 3 heterocycles. The van der Waals surface area contributed by atoms with Crippen molar-refractivity contribution < 1.29 is 9.53 Å². The molecule has 0 aliphatic carbocycles. The van der Waals surface area contributed by atoms with E-state index < -0.39 is 0 Å². The number of hydrogen-bond donors (Lipinski definition) is 0. The molecule has 5 heteroatoms. The summed E-state index contributed by atoms with van der Waals surface area (Å²) in [6.45, 7) is 16.4. The van der Waals surface area contributed by atoms with Crippen molar-refractivity contribution in [1.29, 1.82) is 0 Å². The van der Waals surface area contributed by atoms with Crippen molar-refractivity contribution in [3.63, 3.8) is 0 Å². The predicted octanol–water partition coefficient (Wildman–Crippen LogP) is 1.29. The molecule has 3 saturated heterocycles. The Kier molecular flexibility index (Phi) is 5.00. The SMILES string of the molecule is CC(C)CN1CCN(C(=O)[C@@H]2CCN(C(C)C)C2)C2(COC2)C1. The molecule has 0 aromatic heterocycles. The Balaban J connectivity index is 1.64. The van der Waals surface area contributed by atoms with E-state index in [1.54, 1.807) is 0 Å². The molecule has 132 valence electrons. The molecule has 3 rings (SSSR count). The van der Waals surface area contributed by atoms with Gasteiger partial charge < -0.3 is 14.5 Å². The minimum Gasteiger partial charge on any atom is -0.376 e. The largest absolute Gasteiger partial charge is 0.376 e. The second-order valence-corrected chi connectivity index (χ2v) is 8.41. The monoisotopic (exact) mass is 323 g/mol. The highest BCUT2D eigenvalue weighted by Crippen LogP contribution is 2.33. The molecule has 1 spiro atoms. The summed E-state index contributed by atoms with van der Waals surface area (Å²) in [7, 11) is 0. The lowest BCUT2D eigenvalue weighted by atomic mass is 9.89. The van der Waals surface area contributed by atoms with Crippen LogP contribution in [-0.2, 0) is 9.53 Å². The van der Waals surface area contributed by atoms with Gasteiger partial charge in [0.15, 0.2) is 0 Å². The van der Waals surface area contributed by atoms with Crippen molar-refractivity contribution in [1.82, 2.24) is 14.7 Å². The number of ether oxygens (including phenoxy) is 1.